The molecule has 29 heavy (non-hydrogen) atoms. The van der Waals surface area contributed by atoms with Crippen molar-refractivity contribution in [3.8, 4) is 12.1 Å². The van der Waals surface area contributed by atoms with E-state index in [1.54, 1.807) is 18.2 Å². The van der Waals surface area contributed by atoms with Crippen molar-refractivity contribution in [1.29, 1.82) is 10.5 Å². The van der Waals surface area contributed by atoms with Crippen molar-refractivity contribution in [2.75, 3.05) is 28.3 Å². The zero-order valence-corrected chi connectivity index (χ0v) is 17.2. The highest BCUT2D eigenvalue weighted by Gasteiger charge is 2.06. The Hall–Kier alpha value is -3.91. The van der Waals surface area contributed by atoms with Crippen LogP contribution in [-0.2, 0) is 23.9 Å². The van der Waals surface area contributed by atoms with E-state index in [2.05, 4.69) is 9.47 Å². The molecule has 0 saturated heterocycles. The largest absolute Gasteiger partial charge is 0.465 e. The molecule has 0 unspecified atom stereocenters. The summed E-state index contributed by atoms with van der Waals surface area (Å²) in [4.78, 5) is 33.6. The molecular weight excluding hydrogens is 374 g/mol. The summed E-state index contributed by atoms with van der Waals surface area (Å²) in [5, 5.41) is 17.1. The summed E-state index contributed by atoms with van der Waals surface area (Å²) in [7, 11) is 6.27. The fourth-order valence-corrected chi connectivity index (χ4v) is 1.36. The number of nitrogens with zero attached hydrogens (tertiary/aromatic N) is 3. The Labute approximate surface area is 171 Å². The van der Waals surface area contributed by atoms with Gasteiger partial charge in [0, 0.05) is 20.5 Å². The molecule has 0 atom stereocenters. The molecule has 0 aliphatic rings. The number of nitriles is 2. The van der Waals surface area contributed by atoms with Gasteiger partial charge in [0.1, 0.15) is 29.6 Å². The van der Waals surface area contributed by atoms with Crippen LogP contribution in [0.5, 0.6) is 0 Å². The third-order valence-corrected chi connectivity index (χ3v) is 2.83. The fraction of sp³-hybridized carbons (Fsp3) is 0.286. The van der Waals surface area contributed by atoms with Gasteiger partial charge >= 0.3 is 11.9 Å². The minimum absolute atomic E-state index is 0.0138. The number of hydrogen-bond donors (Lipinski definition) is 0. The van der Waals surface area contributed by atoms with Crippen LogP contribution in [-0.4, -0.2) is 51.4 Å². The number of allylic oxidation sites excluding steroid dienone is 7. The van der Waals surface area contributed by atoms with Crippen LogP contribution >= 0.6 is 0 Å². The second-order valence-corrected chi connectivity index (χ2v) is 5.39. The highest BCUT2D eigenvalue weighted by Crippen LogP contribution is 2.01. The monoisotopic (exact) mass is 399 g/mol. The maximum absolute atomic E-state index is 11.1. The number of methoxy groups -OCH3 is 2. The van der Waals surface area contributed by atoms with Crippen molar-refractivity contribution in [2.24, 2.45) is 0 Å². The second kappa shape index (κ2) is 17.5. The molecule has 0 heterocycles. The summed E-state index contributed by atoms with van der Waals surface area (Å²) in [6, 6.07) is 3.46. The Kier molecular flexibility index (Phi) is 16.5. The first kappa shape index (κ1) is 27.3. The van der Waals surface area contributed by atoms with E-state index >= 15 is 0 Å². The zero-order chi connectivity index (χ0) is 22.7. The van der Waals surface area contributed by atoms with E-state index in [1.165, 1.54) is 38.5 Å². The van der Waals surface area contributed by atoms with Gasteiger partial charge < -0.3 is 19.2 Å². The molecule has 0 rings (SSSR count). The van der Waals surface area contributed by atoms with Crippen LogP contribution in [0.1, 0.15) is 13.3 Å². The Balaban J connectivity index is 0. The smallest absolute Gasteiger partial charge is 0.348 e. The summed E-state index contributed by atoms with van der Waals surface area (Å²) in [5.41, 5.74) is 0.829. The lowest BCUT2D eigenvalue weighted by atomic mass is 10.2. The van der Waals surface area contributed by atoms with Crippen LogP contribution in [0, 0.1) is 22.7 Å². The Morgan fingerprint density at radius 3 is 1.90 bits per heavy atom. The number of carbonyl (C=O) groups is 3. The minimum atomic E-state index is -0.682. The zero-order valence-electron chi connectivity index (χ0n) is 17.2. The second-order valence-electron chi connectivity index (χ2n) is 5.39. The Bertz CT molecular complexity index is 788. The van der Waals surface area contributed by atoms with Crippen LogP contribution in [0.3, 0.4) is 0 Å². The lowest BCUT2D eigenvalue weighted by molar-refractivity contribution is -0.136. The first-order valence-corrected chi connectivity index (χ1v) is 8.27. The third-order valence-electron chi connectivity index (χ3n) is 2.83. The maximum atomic E-state index is 11.1. The van der Waals surface area contributed by atoms with Crippen molar-refractivity contribution < 1.29 is 23.9 Å². The van der Waals surface area contributed by atoms with Gasteiger partial charge in [-0.1, -0.05) is 18.2 Å². The average Bonchev–Trinajstić information content (AvgIpc) is 2.72. The Morgan fingerprint density at radius 2 is 1.48 bits per heavy atom. The molecule has 0 fully saturated rings. The summed E-state index contributed by atoms with van der Waals surface area (Å²) in [6.45, 7) is 1.88. The fourth-order valence-electron chi connectivity index (χ4n) is 1.36. The SMILES string of the molecule is COC(=O)/C(C#N)=C/C=C(C)/C=C/N(C)C.COC(=O)/C(C#N)=C/C=C/CC=O. The molecule has 154 valence electrons. The number of hydrogen-bond acceptors (Lipinski definition) is 8. The standard InChI is InChI=1S/C12H16N2O2.C9H9NO3/c1-10(7-8-14(2)3)5-6-11(9-13)12(15)16-4;1-13-9(12)8(7-10)5-3-2-4-6-11/h5-8H,1-4H3;2-3,5-6H,4H2,1H3/b8-7+,10-5+,11-6+;3-2+,8-5+. The molecule has 0 saturated carbocycles. The van der Waals surface area contributed by atoms with E-state index in [0.717, 1.165) is 5.57 Å². The van der Waals surface area contributed by atoms with Gasteiger partial charge in [0.2, 0.25) is 0 Å². The molecule has 0 aliphatic heterocycles. The molecule has 0 aromatic rings. The van der Waals surface area contributed by atoms with E-state index in [0.29, 0.717) is 6.29 Å². The minimum Gasteiger partial charge on any atom is -0.465 e. The van der Waals surface area contributed by atoms with Crippen molar-refractivity contribution in [1.82, 2.24) is 4.90 Å². The molecule has 0 radical (unpaired) electrons. The van der Waals surface area contributed by atoms with Crippen LogP contribution in [0.25, 0.3) is 0 Å². The number of carbonyl (C=O) groups excluding carboxylic acids is 3. The first-order chi connectivity index (χ1) is 13.8. The highest BCUT2D eigenvalue weighted by molar-refractivity contribution is 5.93. The average molecular weight is 399 g/mol. The summed E-state index contributed by atoms with van der Waals surface area (Å²) < 4.78 is 8.78. The normalized spacial score (nSPS) is 11.8. The van der Waals surface area contributed by atoms with E-state index in [1.807, 2.05) is 38.2 Å². The van der Waals surface area contributed by atoms with Crippen molar-refractivity contribution in [3.05, 3.63) is 59.4 Å². The predicted octanol–water partition coefficient (Wildman–Crippen LogP) is 2.39. The first-order valence-electron chi connectivity index (χ1n) is 8.27. The molecule has 0 aliphatic carbocycles. The Morgan fingerprint density at radius 1 is 0.966 bits per heavy atom. The van der Waals surface area contributed by atoms with Crippen LogP contribution in [0.4, 0.5) is 0 Å². The van der Waals surface area contributed by atoms with E-state index in [-0.39, 0.29) is 17.6 Å². The van der Waals surface area contributed by atoms with Gasteiger partial charge in [-0.05, 0) is 36.9 Å². The van der Waals surface area contributed by atoms with Gasteiger partial charge in [0.15, 0.2) is 0 Å². The lowest BCUT2D eigenvalue weighted by Gasteiger charge is -2.02. The quantitative estimate of drug-likeness (QED) is 0.201. The molecule has 0 aromatic heterocycles. The third kappa shape index (κ3) is 14.9. The molecule has 8 heteroatoms. The number of aldehydes is 1. The van der Waals surface area contributed by atoms with Gasteiger partial charge in [0.05, 0.1) is 14.2 Å². The maximum Gasteiger partial charge on any atom is 0.348 e. The van der Waals surface area contributed by atoms with Crippen LogP contribution < -0.4 is 0 Å². The number of rotatable bonds is 8. The van der Waals surface area contributed by atoms with E-state index in [9.17, 15) is 14.4 Å². The number of esters is 2. The van der Waals surface area contributed by atoms with Crippen molar-refractivity contribution in [2.45, 2.75) is 13.3 Å². The van der Waals surface area contributed by atoms with Crippen molar-refractivity contribution in [3.63, 3.8) is 0 Å². The molecule has 0 spiro atoms. The summed E-state index contributed by atoms with van der Waals surface area (Å²) in [6.07, 6.45) is 12.2. The molecule has 0 N–H and O–H groups in total. The van der Waals surface area contributed by atoms with Gasteiger partial charge in [-0.2, -0.15) is 10.5 Å². The molecule has 8 nitrogen and oxygen atoms in total. The molecule has 0 amide bonds. The molecule has 0 bridgehead atoms. The van der Waals surface area contributed by atoms with Crippen LogP contribution in [0.15, 0.2) is 59.4 Å². The summed E-state index contributed by atoms with van der Waals surface area (Å²) in [5.74, 6) is -1.30. The van der Waals surface area contributed by atoms with Crippen LogP contribution in [0.2, 0.25) is 0 Å². The van der Waals surface area contributed by atoms with Gasteiger partial charge in [-0.25, -0.2) is 9.59 Å². The van der Waals surface area contributed by atoms with E-state index in [4.69, 9.17) is 10.5 Å². The van der Waals surface area contributed by atoms with Gasteiger partial charge in [-0.3, -0.25) is 0 Å². The highest BCUT2D eigenvalue weighted by atomic mass is 16.5. The number of ether oxygens (including phenoxy) is 2. The topological polar surface area (TPSA) is 120 Å². The molecular formula is C21H25N3O5. The van der Waals surface area contributed by atoms with Crippen molar-refractivity contribution >= 4 is 18.2 Å². The molecule has 0 aromatic carbocycles. The predicted molar refractivity (Wildman–Crippen MR) is 108 cm³/mol. The lowest BCUT2D eigenvalue weighted by Crippen LogP contribution is -2.02. The van der Waals surface area contributed by atoms with Gasteiger partial charge in [-0.15, -0.1) is 0 Å². The summed E-state index contributed by atoms with van der Waals surface area (Å²) >= 11 is 0. The van der Waals surface area contributed by atoms with E-state index < -0.39 is 11.9 Å². The van der Waals surface area contributed by atoms with Gasteiger partial charge in [0.25, 0.3) is 0 Å².